The van der Waals surface area contributed by atoms with E-state index in [1.165, 1.54) is 30.3 Å². The minimum absolute atomic E-state index is 0.265. The van der Waals surface area contributed by atoms with Crippen LogP contribution in [0.5, 0.6) is 5.75 Å². The fraction of sp³-hybridized carbons (Fsp3) is 0.133. The highest BCUT2D eigenvalue weighted by atomic mass is 35.5. The molecule has 0 heterocycles. The van der Waals surface area contributed by atoms with Gasteiger partial charge in [0.1, 0.15) is 11.6 Å². The number of nitrogens with one attached hydrogen (secondary N) is 1. The third-order valence-electron chi connectivity index (χ3n) is 2.67. The van der Waals surface area contributed by atoms with E-state index in [1.807, 2.05) is 0 Å². The van der Waals surface area contributed by atoms with E-state index < -0.39 is 11.7 Å². The van der Waals surface area contributed by atoms with Crippen LogP contribution in [0.15, 0.2) is 36.4 Å². The van der Waals surface area contributed by atoms with Gasteiger partial charge in [0, 0.05) is 22.3 Å². The second-order valence-electron chi connectivity index (χ2n) is 4.30. The van der Waals surface area contributed by atoms with E-state index in [2.05, 4.69) is 5.32 Å². The molecule has 0 aromatic heterocycles. The zero-order valence-corrected chi connectivity index (χ0v) is 12.1. The molecule has 0 unspecified atom stereocenters. The third kappa shape index (κ3) is 3.86. The molecule has 6 heteroatoms. The second kappa shape index (κ2) is 6.45. The number of rotatable bonds is 4. The number of carbonyl (C=O) groups is 1. The van der Waals surface area contributed by atoms with Crippen LogP contribution in [0.1, 0.15) is 17.3 Å². The topological polar surface area (TPSA) is 64.3 Å². The molecule has 4 nitrogen and oxygen atoms in total. The molecule has 110 valence electrons. The van der Waals surface area contributed by atoms with Gasteiger partial charge < -0.3 is 15.8 Å². The molecule has 0 saturated heterocycles. The van der Waals surface area contributed by atoms with Gasteiger partial charge in [-0.1, -0.05) is 11.6 Å². The molecule has 0 aliphatic carbocycles. The Morgan fingerprint density at radius 3 is 2.76 bits per heavy atom. The van der Waals surface area contributed by atoms with Gasteiger partial charge in [-0.3, -0.25) is 4.79 Å². The monoisotopic (exact) mass is 308 g/mol. The first-order valence-electron chi connectivity index (χ1n) is 6.29. The maximum atomic E-state index is 13.2. The molecular formula is C15H14ClFN2O2. The summed E-state index contributed by atoms with van der Waals surface area (Å²) in [7, 11) is 0. The summed E-state index contributed by atoms with van der Waals surface area (Å²) in [6.45, 7) is 2.13. The normalized spacial score (nSPS) is 10.2. The van der Waals surface area contributed by atoms with E-state index >= 15 is 0 Å². The van der Waals surface area contributed by atoms with Crippen molar-refractivity contribution in [2.75, 3.05) is 17.7 Å². The zero-order valence-electron chi connectivity index (χ0n) is 11.3. The Hall–Kier alpha value is -2.27. The van der Waals surface area contributed by atoms with Gasteiger partial charge in [-0.2, -0.15) is 0 Å². The summed E-state index contributed by atoms with van der Waals surface area (Å²) in [6, 6.07) is 8.44. The van der Waals surface area contributed by atoms with Gasteiger partial charge in [0.15, 0.2) is 0 Å². The van der Waals surface area contributed by atoms with Crippen molar-refractivity contribution < 1.29 is 13.9 Å². The molecule has 2 aromatic rings. The number of hydrogen-bond acceptors (Lipinski definition) is 3. The van der Waals surface area contributed by atoms with Gasteiger partial charge in [0.25, 0.3) is 5.91 Å². The standard InChI is InChI=1S/C15H14ClFN2O2/c1-2-21-14-8-11(17)3-4-13(14)19-15(20)9-5-10(16)7-12(18)6-9/h3-8H,2,18H2,1H3,(H,19,20). The Bertz CT molecular complexity index is 656. The largest absolute Gasteiger partial charge is 0.492 e. The first-order chi connectivity index (χ1) is 9.99. The average Bonchev–Trinajstić information content (AvgIpc) is 2.41. The van der Waals surface area contributed by atoms with E-state index in [0.717, 1.165) is 0 Å². The highest BCUT2D eigenvalue weighted by Gasteiger charge is 2.12. The van der Waals surface area contributed by atoms with E-state index in [0.29, 0.717) is 28.6 Å². The number of amides is 1. The Morgan fingerprint density at radius 2 is 2.10 bits per heavy atom. The number of halogens is 2. The molecule has 0 aliphatic rings. The van der Waals surface area contributed by atoms with Crippen molar-refractivity contribution >= 4 is 28.9 Å². The lowest BCUT2D eigenvalue weighted by atomic mass is 10.2. The Labute approximate surface area is 126 Å². The zero-order chi connectivity index (χ0) is 15.4. The maximum Gasteiger partial charge on any atom is 0.255 e. The quantitative estimate of drug-likeness (QED) is 0.846. The molecule has 0 atom stereocenters. The smallest absolute Gasteiger partial charge is 0.255 e. The molecule has 2 rings (SSSR count). The predicted octanol–water partition coefficient (Wildman–Crippen LogP) is 3.71. The highest BCUT2D eigenvalue weighted by molar-refractivity contribution is 6.31. The number of anilines is 2. The molecule has 0 radical (unpaired) electrons. The van der Waals surface area contributed by atoms with Crippen LogP contribution in [0.25, 0.3) is 0 Å². The van der Waals surface area contributed by atoms with E-state index in [4.69, 9.17) is 22.1 Å². The van der Waals surface area contributed by atoms with E-state index in [-0.39, 0.29) is 5.75 Å². The van der Waals surface area contributed by atoms with Gasteiger partial charge in [-0.25, -0.2) is 4.39 Å². The van der Waals surface area contributed by atoms with Crippen molar-refractivity contribution in [1.82, 2.24) is 0 Å². The number of carbonyl (C=O) groups excluding carboxylic acids is 1. The maximum absolute atomic E-state index is 13.2. The van der Waals surface area contributed by atoms with Crippen molar-refractivity contribution in [3.8, 4) is 5.75 Å². The first kappa shape index (κ1) is 15.1. The first-order valence-corrected chi connectivity index (χ1v) is 6.67. The minimum Gasteiger partial charge on any atom is -0.492 e. The van der Waals surface area contributed by atoms with Crippen LogP contribution >= 0.6 is 11.6 Å². The van der Waals surface area contributed by atoms with Crippen molar-refractivity contribution in [3.63, 3.8) is 0 Å². The summed E-state index contributed by atoms with van der Waals surface area (Å²) in [4.78, 5) is 12.2. The van der Waals surface area contributed by atoms with Gasteiger partial charge in [0.05, 0.1) is 12.3 Å². The molecule has 1 amide bonds. The van der Waals surface area contributed by atoms with Crippen LogP contribution in [-0.2, 0) is 0 Å². The summed E-state index contributed by atoms with van der Waals surface area (Å²) < 4.78 is 18.5. The molecule has 0 spiro atoms. The molecule has 0 bridgehead atoms. The molecular weight excluding hydrogens is 295 g/mol. The Balaban J connectivity index is 2.26. The molecule has 2 aromatic carbocycles. The van der Waals surface area contributed by atoms with E-state index in [9.17, 15) is 9.18 Å². The van der Waals surface area contributed by atoms with Crippen molar-refractivity contribution in [2.24, 2.45) is 0 Å². The number of nitrogens with two attached hydrogens (primary N) is 1. The summed E-state index contributed by atoms with van der Waals surface area (Å²) >= 11 is 5.86. The van der Waals surface area contributed by atoms with Crippen LogP contribution < -0.4 is 15.8 Å². The Morgan fingerprint density at radius 1 is 1.33 bits per heavy atom. The summed E-state index contributed by atoms with van der Waals surface area (Å²) in [5, 5.41) is 3.01. The molecule has 0 saturated carbocycles. The van der Waals surface area contributed by atoms with Crippen molar-refractivity contribution in [2.45, 2.75) is 6.92 Å². The van der Waals surface area contributed by atoms with Gasteiger partial charge in [0.2, 0.25) is 0 Å². The number of ether oxygens (including phenoxy) is 1. The lowest BCUT2D eigenvalue weighted by Crippen LogP contribution is -2.13. The van der Waals surface area contributed by atoms with Crippen LogP contribution in [-0.4, -0.2) is 12.5 Å². The lowest BCUT2D eigenvalue weighted by molar-refractivity contribution is 0.102. The third-order valence-corrected chi connectivity index (χ3v) is 2.89. The number of benzene rings is 2. The lowest BCUT2D eigenvalue weighted by Gasteiger charge is -2.12. The fourth-order valence-electron chi connectivity index (χ4n) is 1.81. The van der Waals surface area contributed by atoms with Crippen LogP contribution in [0, 0.1) is 5.82 Å². The number of hydrogen-bond donors (Lipinski definition) is 2. The molecule has 3 N–H and O–H groups in total. The Kier molecular flexibility index (Phi) is 4.65. The fourth-order valence-corrected chi connectivity index (χ4v) is 2.06. The average molecular weight is 309 g/mol. The highest BCUT2D eigenvalue weighted by Crippen LogP contribution is 2.26. The van der Waals surface area contributed by atoms with Crippen LogP contribution in [0.2, 0.25) is 5.02 Å². The van der Waals surface area contributed by atoms with Gasteiger partial charge in [-0.05, 0) is 37.3 Å². The summed E-state index contributed by atoms with van der Waals surface area (Å²) in [5.74, 6) is -0.582. The summed E-state index contributed by atoms with van der Waals surface area (Å²) in [6.07, 6.45) is 0. The predicted molar refractivity (Wildman–Crippen MR) is 81.4 cm³/mol. The number of nitrogen functional groups attached to an aromatic ring is 1. The van der Waals surface area contributed by atoms with E-state index in [1.54, 1.807) is 13.0 Å². The molecule has 21 heavy (non-hydrogen) atoms. The van der Waals surface area contributed by atoms with Gasteiger partial charge in [-0.15, -0.1) is 0 Å². The van der Waals surface area contributed by atoms with Crippen LogP contribution in [0.4, 0.5) is 15.8 Å². The minimum atomic E-state index is -0.441. The molecule has 0 fully saturated rings. The SMILES string of the molecule is CCOc1cc(F)ccc1NC(=O)c1cc(N)cc(Cl)c1. The van der Waals surface area contributed by atoms with Crippen LogP contribution in [0.3, 0.4) is 0 Å². The molecule has 0 aliphatic heterocycles. The van der Waals surface area contributed by atoms with Crippen molar-refractivity contribution in [1.29, 1.82) is 0 Å². The van der Waals surface area contributed by atoms with Crippen molar-refractivity contribution in [3.05, 3.63) is 52.8 Å². The summed E-state index contributed by atoms with van der Waals surface area (Å²) in [5.41, 5.74) is 6.72. The van der Waals surface area contributed by atoms with Gasteiger partial charge >= 0.3 is 0 Å². The second-order valence-corrected chi connectivity index (χ2v) is 4.74.